The summed E-state index contributed by atoms with van der Waals surface area (Å²) >= 11 is 0. The molecule has 1 nitrogen and oxygen atoms in total. The van der Waals surface area contributed by atoms with Crippen molar-refractivity contribution in [3.05, 3.63) is 41.0 Å². The molecule has 0 unspecified atom stereocenters. The Hall–Kier alpha value is -0.890. The second-order valence-corrected chi connectivity index (χ2v) is 13.3. The highest BCUT2D eigenvalue weighted by atomic mass is 32.2. The molecule has 0 bridgehead atoms. The van der Waals surface area contributed by atoms with E-state index < -0.39 is 10.8 Å². The molecule has 0 amide bonds. The second-order valence-electron chi connectivity index (χ2n) is 10.6. The van der Waals surface area contributed by atoms with Crippen LogP contribution in [-0.4, -0.2) is 13.7 Å². The van der Waals surface area contributed by atoms with E-state index >= 15 is 0 Å². The molecular formula is C24H36OS. The molecule has 2 aliphatic rings. The highest BCUT2D eigenvalue weighted by molar-refractivity contribution is 7.87. The zero-order valence-corrected chi connectivity index (χ0v) is 18.6. The molecule has 0 aromatic heterocycles. The summed E-state index contributed by atoms with van der Waals surface area (Å²) in [6.07, 6.45) is 8.12. The molecule has 1 aliphatic heterocycles. The lowest BCUT2D eigenvalue weighted by Crippen LogP contribution is -2.47. The Labute approximate surface area is 163 Å². The minimum Gasteiger partial charge on any atom is -0.258 e. The van der Waals surface area contributed by atoms with Crippen LogP contribution in [0.2, 0.25) is 0 Å². The van der Waals surface area contributed by atoms with E-state index in [4.69, 9.17) is 0 Å². The summed E-state index contributed by atoms with van der Waals surface area (Å²) in [5.74, 6) is 0.498. The predicted molar refractivity (Wildman–Crippen MR) is 115 cm³/mol. The number of rotatable bonds is 2. The molecule has 0 spiro atoms. The fourth-order valence-electron chi connectivity index (χ4n) is 4.95. The van der Waals surface area contributed by atoms with Crippen LogP contribution in [0.3, 0.4) is 0 Å². The van der Waals surface area contributed by atoms with E-state index in [9.17, 15) is 4.21 Å². The van der Waals surface area contributed by atoms with Crippen molar-refractivity contribution in [1.82, 2.24) is 0 Å². The normalized spacial score (nSPS) is 29.9. The standard InChI is InChI=1S/C24H36OS/c1-17-8-9-19(14-21(17)18-10-12-22(2,3)13-11-18)20-15-23(4,5)26(25)24(6,7)16-20/h8-10,14,20H,11-13,15-16H2,1-7H3. The summed E-state index contributed by atoms with van der Waals surface area (Å²) in [7, 11) is -0.790. The molecule has 1 aliphatic carbocycles. The molecule has 1 fully saturated rings. The Morgan fingerprint density at radius 2 is 1.62 bits per heavy atom. The van der Waals surface area contributed by atoms with Crippen LogP contribution in [0.25, 0.3) is 5.57 Å². The van der Waals surface area contributed by atoms with Gasteiger partial charge in [0.2, 0.25) is 0 Å². The molecule has 0 N–H and O–H groups in total. The van der Waals surface area contributed by atoms with Gasteiger partial charge in [-0.05, 0) is 100 Å². The Bertz CT molecular complexity index is 731. The number of aryl methyl sites for hydroxylation is 1. The van der Waals surface area contributed by atoms with E-state index in [0.29, 0.717) is 11.3 Å². The molecule has 0 radical (unpaired) electrons. The number of allylic oxidation sites excluding steroid dienone is 2. The van der Waals surface area contributed by atoms with Crippen molar-refractivity contribution in [3.63, 3.8) is 0 Å². The average molecular weight is 373 g/mol. The van der Waals surface area contributed by atoms with Gasteiger partial charge in [0.1, 0.15) is 0 Å². The van der Waals surface area contributed by atoms with E-state index in [-0.39, 0.29) is 9.49 Å². The van der Waals surface area contributed by atoms with Crippen LogP contribution in [0, 0.1) is 12.3 Å². The lowest BCUT2D eigenvalue weighted by molar-refractivity contribution is 0.335. The van der Waals surface area contributed by atoms with Crippen molar-refractivity contribution >= 4 is 16.4 Å². The van der Waals surface area contributed by atoms with E-state index in [2.05, 4.69) is 72.7 Å². The topological polar surface area (TPSA) is 17.1 Å². The Balaban J connectivity index is 1.93. The van der Waals surface area contributed by atoms with Gasteiger partial charge in [-0.2, -0.15) is 0 Å². The molecule has 0 saturated carbocycles. The quantitative estimate of drug-likeness (QED) is 0.559. The molecule has 26 heavy (non-hydrogen) atoms. The van der Waals surface area contributed by atoms with Crippen molar-refractivity contribution in [1.29, 1.82) is 0 Å². The van der Waals surface area contributed by atoms with Crippen molar-refractivity contribution < 1.29 is 4.21 Å². The number of hydrogen-bond donors (Lipinski definition) is 0. The summed E-state index contributed by atoms with van der Waals surface area (Å²) in [5.41, 5.74) is 6.24. The largest absolute Gasteiger partial charge is 0.258 e. The Morgan fingerprint density at radius 3 is 2.15 bits per heavy atom. The molecule has 1 saturated heterocycles. The molecule has 2 heteroatoms. The third-order valence-corrected chi connectivity index (χ3v) is 8.87. The van der Waals surface area contributed by atoms with Gasteiger partial charge in [-0.25, -0.2) is 0 Å². The van der Waals surface area contributed by atoms with Crippen molar-refractivity contribution in [2.24, 2.45) is 5.41 Å². The van der Waals surface area contributed by atoms with Crippen LogP contribution in [0.5, 0.6) is 0 Å². The minimum atomic E-state index is -0.790. The van der Waals surface area contributed by atoms with E-state index in [0.717, 1.165) is 12.8 Å². The summed E-state index contributed by atoms with van der Waals surface area (Å²) in [6.45, 7) is 15.7. The maximum absolute atomic E-state index is 12.9. The summed E-state index contributed by atoms with van der Waals surface area (Å²) < 4.78 is 12.6. The monoisotopic (exact) mass is 372 g/mol. The van der Waals surface area contributed by atoms with Gasteiger partial charge in [-0.1, -0.05) is 38.1 Å². The van der Waals surface area contributed by atoms with Gasteiger partial charge in [0, 0.05) is 20.3 Å². The van der Waals surface area contributed by atoms with E-state index in [1.165, 1.54) is 41.5 Å². The van der Waals surface area contributed by atoms with Crippen molar-refractivity contribution in [3.8, 4) is 0 Å². The highest BCUT2D eigenvalue weighted by Crippen LogP contribution is 2.47. The Morgan fingerprint density at radius 1 is 1.00 bits per heavy atom. The maximum Gasteiger partial charge on any atom is 0.0414 e. The van der Waals surface area contributed by atoms with Crippen LogP contribution in [-0.2, 0) is 10.8 Å². The predicted octanol–water partition coefficient (Wildman–Crippen LogP) is 6.77. The van der Waals surface area contributed by atoms with Crippen LogP contribution in [0.4, 0.5) is 0 Å². The van der Waals surface area contributed by atoms with E-state index in [1.54, 1.807) is 0 Å². The van der Waals surface area contributed by atoms with Gasteiger partial charge in [0.25, 0.3) is 0 Å². The van der Waals surface area contributed by atoms with Gasteiger partial charge in [0.05, 0.1) is 0 Å². The molecular weight excluding hydrogens is 336 g/mol. The number of hydrogen-bond acceptors (Lipinski definition) is 1. The molecule has 0 atom stereocenters. The number of benzene rings is 1. The van der Waals surface area contributed by atoms with E-state index in [1.807, 2.05) is 0 Å². The first-order chi connectivity index (χ1) is 11.9. The van der Waals surface area contributed by atoms with Crippen LogP contribution < -0.4 is 0 Å². The average Bonchev–Trinajstić information content (AvgIpc) is 2.53. The zero-order chi connectivity index (χ0) is 19.3. The second kappa shape index (κ2) is 6.62. The smallest absolute Gasteiger partial charge is 0.0414 e. The Kier molecular flexibility index (Phi) is 5.06. The molecule has 1 heterocycles. The highest BCUT2D eigenvalue weighted by Gasteiger charge is 2.45. The van der Waals surface area contributed by atoms with Crippen LogP contribution in [0.15, 0.2) is 24.3 Å². The fourth-order valence-corrected chi connectivity index (χ4v) is 7.16. The molecule has 1 aromatic carbocycles. The summed E-state index contributed by atoms with van der Waals surface area (Å²) in [6, 6.07) is 7.07. The molecule has 1 aromatic rings. The van der Waals surface area contributed by atoms with Gasteiger partial charge in [0.15, 0.2) is 0 Å². The van der Waals surface area contributed by atoms with Crippen LogP contribution in [0.1, 0.15) is 96.3 Å². The third-order valence-electron chi connectivity index (χ3n) is 6.53. The summed E-state index contributed by atoms with van der Waals surface area (Å²) in [5, 5.41) is 0. The fraction of sp³-hybridized carbons (Fsp3) is 0.667. The lowest BCUT2D eigenvalue weighted by atomic mass is 9.75. The summed E-state index contributed by atoms with van der Waals surface area (Å²) in [4.78, 5) is 0. The van der Waals surface area contributed by atoms with Gasteiger partial charge in [-0.3, -0.25) is 4.21 Å². The zero-order valence-electron chi connectivity index (χ0n) is 17.7. The van der Waals surface area contributed by atoms with Gasteiger partial charge in [-0.15, -0.1) is 0 Å². The third kappa shape index (κ3) is 3.86. The first kappa shape index (κ1) is 19.9. The first-order valence-corrected chi connectivity index (χ1v) is 11.3. The lowest BCUT2D eigenvalue weighted by Gasteiger charge is -2.44. The van der Waals surface area contributed by atoms with Crippen molar-refractivity contribution in [2.45, 2.75) is 96.0 Å². The minimum absolute atomic E-state index is 0.119. The van der Waals surface area contributed by atoms with Gasteiger partial charge >= 0.3 is 0 Å². The molecule has 3 rings (SSSR count). The molecule has 144 valence electrons. The first-order valence-electron chi connectivity index (χ1n) is 10.1. The SMILES string of the molecule is Cc1ccc(C2CC(C)(C)S(=O)C(C)(C)C2)cc1C1=CCC(C)(C)CC1. The van der Waals surface area contributed by atoms with Gasteiger partial charge < -0.3 is 0 Å². The van der Waals surface area contributed by atoms with Crippen LogP contribution >= 0.6 is 0 Å². The van der Waals surface area contributed by atoms with Crippen molar-refractivity contribution in [2.75, 3.05) is 0 Å². The maximum atomic E-state index is 12.9.